The van der Waals surface area contributed by atoms with E-state index in [0.717, 1.165) is 12.5 Å². The quantitative estimate of drug-likeness (QED) is 0.790. The van der Waals surface area contributed by atoms with Gasteiger partial charge >= 0.3 is 0 Å². The summed E-state index contributed by atoms with van der Waals surface area (Å²) in [4.78, 5) is 11.7. The zero-order chi connectivity index (χ0) is 13.8. The van der Waals surface area contributed by atoms with E-state index in [0.29, 0.717) is 12.2 Å². The summed E-state index contributed by atoms with van der Waals surface area (Å²) in [6.07, 6.45) is 0.831. The number of nitrogens with one attached hydrogen (secondary N) is 2. The number of H-pyrrole nitrogens is 1. The van der Waals surface area contributed by atoms with Crippen LogP contribution in [-0.2, 0) is 0 Å². The normalized spacial score (nSPS) is 10.4. The highest BCUT2D eigenvalue weighted by atomic mass is 19.1. The van der Waals surface area contributed by atoms with Crippen LogP contribution in [0, 0.1) is 5.82 Å². The number of halogens is 1. The van der Waals surface area contributed by atoms with Crippen molar-refractivity contribution >= 4 is 5.91 Å². The van der Waals surface area contributed by atoms with Crippen LogP contribution < -0.4 is 5.32 Å². The largest absolute Gasteiger partial charge is 0.507 e. The molecule has 0 aliphatic carbocycles. The van der Waals surface area contributed by atoms with E-state index in [-0.39, 0.29) is 22.9 Å². The van der Waals surface area contributed by atoms with Gasteiger partial charge in [-0.15, -0.1) is 0 Å². The van der Waals surface area contributed by atoms with Gasteiger partial charge in [-0.2, -0.15) is 5.10 Å². The topological polar surface area (TPSA) is 78.0 Å². The highest BCUT2D eigenvalue weighted by Gasteiger charge is 2.13. The standard InChI is InChI=1S/C13H14FN3O2/c1-2-5-15-13(19)11-7-10(16-17-11)9-6-8(14)3-4-12(9)18/h3-4,6-7,18H,2,5H2,1H3,(H,15,19)(H,16,17). The maximum atomic E-state index is 13.1. The molecule has 3 N–H and O–H groups in total. The molecule has 0 fully saturated rings. The third-order valence-corrected chi connectivity index (χ3v) is 2.59. The number of aromatic hydroxyl groups is 1. The number of rotatable bonds is 4. The molecule has 1 aromatic heterocycles. The average Bonchev–Trinajstić information content (AvgIpc) is 2.88. The molecule has 100 valence electrons. The smallest absolute Gasteiger partial charge is 0.269 e. The third kappa shape index (κ3) is 2.90. The first kappa shape index (κ1) is 13.1. The van der Waals surface area contributed by atoms with Gasteiger partial charge in [-0.3, -0.25) is 9.89 Å². The van der Waals surface area contributed by atoms with Crippen molar-refractivity contribution < 1.29 is 14.3 Å². The van der Waals surface area contributed by atoms with E-state index in [2.05, 4.69) is 15.5 Å². The molecule has 0 atom stereocenters. The highest BCUT2D eigenvalue weighted by Crippen LogP contribution is 2.28. The van der Waals surface area contributed by atoms with Gasteiger partial charge in [0.25, 0.3) is 5.91 Å². The summed E-state index contributed by atoms with van der Waals surface area (Å²) in [5, 5.41) is 18.8. The van der Waals surface area contributed by atoms with Gasteiger partial charge in [-0.05, 0) is 30.7 Å². The average molecular weight is 263 g/mol. The van der Waals surface area contributed by atoms with Crippen molar-refractivity contribution in [1.82, 2.24) is 15.5 Å². The minimum Gasteiger partial charge on any atom is -0.507 e. The van der Waals surface area contributed by atoms with Gasteiger partial charge in [0.2, 0.25) is 0 Å². The zero-order valence-corrected chi connectivity index (χ0v) is 10.4. The lowest BCUT2D eigenvalue weighted by Crippen LogP contribution is -2.24. The Morgan fingerprint density at radius 1 is 1.47 bits per heavy atom. The van der Waals surface area contributed by atoms with Gasteiger partial charge in [0.15, 0.2) is 0 Å². The Labute approximate surface area is 109 Å². The second kappa shape index (κ2) is 5.51. The van der Waals surface area contributed by atoms with Gasteiger partial charge < -0.3 is 10.4 Å². The summed E-state index contributed by atoms with van der Waals surface area (Å²) in [5.41, 5.74) is 0.830. The van der Waals surface area contributed by atoms with Crippen LogP contribution in [0.4, 0.5) is 4.39 Å². The Hall–Kier alpha value is -2.37. The molecule has 6 heteroatoms. The number of phenols is 1. The Bertz CT molecular complexity index is 595. The predicted molar refractivity (Wildman–Crippen MR) is 68.3 cm³/mol. The maximum Gasteiger partial charge on any atom is 0.269 e. The lowest BCUT2D eigenvalue weighted by atomic mass is 10.1. The van der Waals surface area contributed by atoms with Crippen molar-refractivity contribution in [2.45, 2.75) is 13.3 Å². The van der Waals surface area contributed by atoms with E-state index >= 15 is 0 Å². The van der Waals surface area contributed by atoms with Crippen molar-refractivity contribution in [2.24, 2.45) is 0 Å². The summed E-state index contributed by atoms with van der Waals surface area (Å²) < 4.78 is 13.1. The van der Waals surface area contributed by atoms with Crippen LogP contribution >= 0.6 is 0 Å². The molecule has 0 spiro atoms. The number of aromatic amines is 1. The van der Waals surface area contributed by atoms with Gasteiger partial charge in [0.1, 0.15) is 17.3 Å². The van der Waals surface area contributed by atoms with E-state index in [9.17, 15) is 14.3 Å². The first-order chi connectivity index (χ1) is 9.11. The number of nitrogens with zero attached hydrogens (tertiary/aromatic N) is 1. The fourth-order valence-corrected chi connectivity index (χ4v) is 1.62. The number of amides is 1. The summed E-state index contributed by atoms with van der Waals surface area (Å²) >= 11 is 0. The van der Waals surface area contributed by atoms with Crippen LogP contribution in [0.1, 0.15) is 23.8 Å². The first-order valence-electron chi connectivity index (χ1n) is 5.94. The molecule has 0 unspecified atom stereocenters. The van der Waals surface area contributed by atoms with E-state index in [1.807, 2.05) is 6.92 Å². The predicted octanol–water partition coefficient (Wildman–Crippen LogP) is 2.06. The second-order valence-corrected chi connectivity index (χ2v) is 4.08. The molecular weight excluding hydrogens is 249 g/mol. The highest BCUT2D eigenvalue weighted by molar-refractivity contribution is 5.93. The minimum atomic E-state index is -0.479. The second-order valence-electron chi connectivity index (χ2n) is 4.08. The molecule has 1 amide bonds. The van der Waals surface area contributed by atoms with Crippen LogP contribution in [0.2, 0.25) is 0 Å². The van der Waals surface area contributed by atoms with Gasteiger partial charge in [0.05, 0.1) is 5.69 Å². The molecule has 2 rings (SSSR count). The first-order valence-corrected chi connectivity index (χ1v) is 5.94. The monoisotopic (exact) mass is 263 g/mol. The van der Waals surface area contributed by atoms with Crippen molar-refractivity contribution in [2.75, 3.05) is 6.54 Å². The lowest BCUT2D eigenvalue weighted by molar-refractivity contribution is 0.0948. The van der Waals surface area contributed by atoms with Crippen LogP contribution in [-0.4, -0.2) is 27.8 Å². The summed E-state index contributed by atoms with van der Waals surface area (Å²) in [6.45, 7) is 2.52. The Morgan fingerprint density at radius 3 is 3.00 bits per heavy atom. The minimum absolute atomic E-state index is 0.0894. The van der Waals surface area contributed by atoms with E-state index in [1.54, 1.807) is 0 Å². The summed E-state index contributed by atoms with van der Waals surface area (Å²) in [7, 11) is 0. The maximum absolute atomic E-state index is 13.1. The third-order valence-electron chi connectivity index (χ3n) is 2.59. The molecule has 0 saturated heterocycles. The molecular formula is C13H14FN3O2. The molecule has 0 aliphatic heterocycles. The molecule has 19 heavy (non-hydrogen) atoms. The number of aromatic nitrogens is 2. The number of phenolic OH excluding ortho intramolecular Hbond substituents is 1. The van der Waals surface area contributed by atoms with Gasteiger partial charge in [-0.25, -0.2) is 4.39 Å². The van der Waals surface area contributed by atoms with Gasteiger partial charge in [0, 0.05) is 12.1 Å². The number of benzene rings is 1. The van der Waals surface area contributed by atoms with Crippen molar-refractivity contribution in [3.8, 4) is 17.0 Å². The molecule has 1 heterocycles. The number of hydrogen-bond donors (Lipinski definition) is 3. The SMILES string of the molecule is CCCNC(=O)c1cc(-c2cc(F)ccc2O)n[nH]1. The summed E-state index contributed by atoms with van der Waals surface area (Å²) in [6, 6.07) is 5.04. The molecule has 0 aliphatic rings. The zero-order valence-electron chi connectivity index (χ0n) is 10.4. The van der Waals surface area contributed by atoms with Crippen molar-refractivity contribution in [1.29, 1.82) is 0 Å². The molecule has 0 radical (unpaired) electrons. The number of carbonyl (C=O) groups is 1. The molecule has 0 bridgehead atoms. The summed E-state index contributed by atoms with van der Waals surface area (Å²) in [5.74, 6) is -0.849. The van der Waals surface area contributed by atoms with Crippen LogP contribution in [0.3, 0.4) is 0 Å². The van der Waals surface area contributed by atoms with Crippen molar-refractivity contribution in [3.05, 3.63) is 35.8 Å². The Kier molecular flexibility index (Phi) is 3.79. The van der Waals surface area contributed by atoms with E-state index < -0.39 is 5.82 Å². The molecule has 2 aromatic rings. The molecule has 1 aromatic carbocycles. The number of carbonyl (C=O) groups excluding carboxylic acids is 1. The van der Waals surface area contributed by atoms with Crippen LogP contribution in [0.25, 0.3) is 11.3 Å². The fourth-order valence-electron chi connectivity index (χ4n) is 1.62. The Morgan fingerprint density at radius 2 is 2.26 bits per heavy atom. The van der Waals surface area contributed by atoms with Crippen LogP contribution in [0.5, 0.6) is 5.75 Å². The van der Waals surface area contributed by atoms with Crippen molar-refractivity contribution in [3.63, 3.8) is 0 Å². The Balaban J connectivity index is 2.25. The van der Waals surface area contributed by atoms with Crippen LogP contribution in [0.15, 0.2) is 24.3 Å². The van der Waals surface area contributed by atoms with E-state index in [1.165, 1.54) is 18.2 Å². The van der Waals surface area contributed by atoms with Gasteiger partial charge in [-0.1, -0.05) is 6.92 Å². The molecule has 5 nitrogen and oxygen atoms in total. The lowest BCUT2D eigenvalue weighted by Gasteiger charge is -2.00. The number of hydrogen-bond acceptors (Lipinski definition) is 3. The fraction of sp³-hybridized carbons (Fsp3) is 0.231. The molecule has 0 saturated carbocycles. The van der Waals surface area contributed by atoms with E-state index in [4.69, 9.17) is 0 Å².